The van der Waals surface area contributed by atoms with Crippen molar-refractivity contribution in [3.05, 3.63) is 120 Å². The summed E-state index contributed by atoms with van der Waals surface area (Å²) < 4.78 is 0.932. The van der Waals surface area contributed by atoms with Crippen LogP contribution in [0.2, 0.25) is 0 Å². The van der Waals surface area contributed by atoms with E-state index < -0.39 is 0 Å². The summed E-state index contributed by atoms with van der Waals surface area (Å²) in [6.07, 6.45) is 1.64. The highest BCUT2D eigenvalue weighted by Gasteiger charge is 2.08. The maximum absolute atomic E-state index is 12.7. The molecular formula is C25H19NOS2. The number of nitrogens with zero attached hydrogens (tertiary/aromatic N) is 1. The molecule has 0 fully saturated rings. The molecule has 4 heteroatoms. The van der Waals surface area contributed by atoms with E-state index in [4.69, 9.17) is 0 Å². The second-order valence-corrected chi connectivity index (χ2v) is 8.58. The summed E-state index contributed by atoms with van der Waals surface area (Å²) in [5, 5.41) is 12.7. The lowest BCUT2D eigenvalue weighted by Gasteiger charge is -2.07. The maximum atomic E-state index is 12.7. The maximum Gasteiger partial charge on any atom is 0.216 e. The molecule has 4 aromatic carbocycles. The number of hydrogen-bond acceptors (Lipinski definition) is 3. The summed E-state index contributed by atoms with van der Waals surface area (Å²) in [5.74, 6) is 0. The topological polar surface area (TPSA) is 26.1 Å². The van der Waals surface area contributed by atoms with Crippen LogP contribution >= 0.6 is 23.5 Å². The number of hydrogen-bond donors (Lipinski definition) is 0. The summed E-state index contributed by atoms with van der Waals surface area (Å²) in [6, 6.07) is 36.0. The molecule has 0 saturated carbocycles. The molecule has 0 radical (unpaired) electrons. The van der Waals surface area contributed by atoms with Crippen molar-refractivity contribution < 1.29 is 4.74 Å². The van der Waals surface area contributed by atoms with Crippen molar-refractivity contribution in [1.82, 2.24) is 0 Å². The third kappa shape index (κ3) is 5.31. The molecule has 0 atom stereocenters. The van der Waals surface area contributed by atoms with E-state index in [0.717, 1.165) is 25.0 Å². The molecule has 0 saturated heterocycles. The van der Waals surface area contributed by atoms with Crippen LogP contribution in [0, 0.1) is 5.21 Å². The molecular weight excluding hydrogens is 394 g/mol. The van der Waals surface area contributed by atoms with Gasteiger partial charge in [-0.1, -0.05) is 72.1 Å². The minimum absolute atomic E-state index is 0.613. The lowest BCUT2D eigenvalue weighted by molar-refractivity contribution is -0.354. The number of benzene rings is 4. The minimum Gasteiger partial charge on any atom is -0.618 e. The highest BCUT2D eigenvalue weighted by molar-refractivity contribution is 7.99. The van der Waals surface area contributed by atoms with Crippen LogP contribution in [-0.2, 0) is 0 Å². The van der Waals surface area contributed by atoms with Crippen molar-refractivity contribution in [2.24, 2.45) is 0 Å². The Bertz CT molecular complexity index is 1090. The Kier molecular flexibility index (Phi) is 6.35. The lowest BCUT2D eigenvalue weighted by atomic mass is 10.2. The van der Waals surface area contributed by atoms with E-state index >= 15 is 0 Å². The number of rotatable bonds is 6. The second kappa shape index (κ2) is 9.50. The molecule has 142 valence electrons. The fourth-order valence-corrected chi connectivity index (χ4v) is 4.55. The van der Waals surface area contributed by atoms with Crippen LogP contribution in [0.4, 0.5) is 5.69 Å². The van der Waals surface area contributed by atoms with E-state index in [1.54, 1.807) is 29.7 Å². The Morgan fingerprint density at radius 1 is 0.552 bits per heavy atom. The average molecular weight is 414 g/mol. The van der Waals surface area contributed by atoms with Gasteiger partial charge >= 0.3 is 0 Å². The fraction of sp³-hybridized carbons (Fsp3) is 0. The molecule has 0 aliphatic rings. The Hall–Kier alpha value is -2.95. The van der Waals surface area contributed by atoms with Crippen LogP contribution < -0.4 is 0 Å². The molecule has 0 aliphatic heterocycles. The van der Waals surface area contributed by atoms with Crippen molar-refractivity contribution in [3.8, 4) is 0 Å². The van der Waals surface area contributed by atoms with Gasteiger partial charge in [-0.05, 0) is 48.5 Å². The highest BCUT2D eigenvalue weighted by Crippen LogP contribution is 2.30. The molecule has 29 heavy (non-hydrogen) atoms. The van der Waals surface area contributed by atoms with Crippen LogP contribution in [-0.4, -0.2) is 11.0 Å². The average Bonchev–Trinajstić information content (AvgIpc) is 2.77. The standard InChI is InChI=1S/C25H19NOS2/c27-26(21-15-17-24(18-16-21)28-22-10-3-1-4-11-22)19-20-9-7-8-14-25(20)29-23-12-5-2-6-13-23/h1-19H/b26-19-. The Morgan fingerprint density at radius 3 is 1.72 bits per heavy atom. The van der Waals surface area contributed by atoms with E-state index in [0.29, 0.717) is 5.69 Å². The predicted octanol–water partition coefficient (Wildman–Crippen LogP) is 7.25. The van der Waals surface area contributed by atoms with Gasteiger partial charge < -0.3 is 5.21 Å². The molecule has 0 heterocycles. The van der Waals surface area contributed by atoms with Gasteiger partial charge in [-0.2, -0.15) is 4.74 Å². The monoisotopic (exact) mass is 413 g/mol. The minimum atomic E-state index is 0.613. The van der Waals surface area contributed by atoms with Crippen molar-refractivity contribution in [2.75, 3.05) is 0 Å². The third-order valence-electron chi connectivity index (χ3n) is 4.22. The fourth-order valence-electron chi connectivity index (χ4n) is 2.78. The van der Waals surface area contributed by atoms with Gasteiger partial charge in [0.1, 0.15) is 0 Å². The van der Waals surface area contributed by atoms with Crippen LogP contribution in [0.1, 0.15) is 5.56 Å². The zero-order chi connectivity index (χ0) is 19.9. The molecule has 0 unspecified atom stereocenters. The zero-order valence-electron chi connectivity index (χ0n) is 15.6. The van der Waals surface area contributed by atoms with Gasteiger partial charge in [0.2, 0.25) is 5.69 Å². The highest BCUT2D eigenvalue weighted by atomic mass is 32.2. The quantitative estimate of drug-likeness (QED) is 0.144. The van der Waals surface area contributed by atoms with Gasteiger partial charge in [-0.15, -0.1) is 0 Å². The molecule has 4 rings (SSSR count). The summed E-state index contributed by atoms with van der Waals surface area (Å²) >= 11 is 3.34. The summed E-state index contributed by atoms with van der Waals surface area (Å²) in [5.41, 5.74) is 1.51. The van der Waals surface area contributed by atoms with Crippen LogP contribution in [0.25, 0.3) is 0 Å². The van der Waals surface area contributed by atoms with E-state index in [1.807, 2.05) is 84.9 Å². The lowest BCUT2D eigenvalue weighted by Crippen LogP contribution is -2.00. The van der Waals surface area contributed by atoms with Crippen molar-refractivity contribution in [1.29, 1.82) is 0 Å². The first-order chi connectivity index (χ1) is 14.3. The van der Waals surface area contributed by atoms with Gasteiger partial charge in [0, 0.05) is 31.7 Å². The summed E-state index contributed by atoms with van der Waals surface area (Å²) in [6.45, 7) is 0. The molecule has 0 aliphatic carbocycles. The third-order valence-corrected chi connectivity index (χ3v) is 6.33. The first-order valence-electron chi connectivity index (χ1n) is 9.24. The molecule has 0 N–H and O–H groups in total. The molecule has 0 amide bonds. The normalized spacial score (nSPS) is 11.4. The molecule has 0 bridgehead atoms. The Morgan fingerprint density at radius 2 is 1.07 bits per heavy atom. The van der Waals surface area contributed by atoms with Crippen molar-refractivity contribution in [2.45, 2.75) is 19.6 Å². The van der Waals surface area contributed by atoms with Gasteiger partial charge in [0.15, 0.2) is 6.21 Å². The van der Waals surface area contributed by atoms with Gasteiger partial charge in [0.25, 0.3) is 0 Å². The van der Waals surface area contributed by atoms with Crippen LogP contribution in [0.15, 0.2) is 129 Å². The summed E-state index contributed by atoms with van der Waals surface area (Å²) in [7, 11) is 0. The second-order valence-electron chi connectivity index (χ2n) is 6.32. The Balaban J connectivity index is 1.53. The Labute approximate surface area is 179 Å². The molecule has 4 aromatic rings. The van der Waals surface area contributed by atoms with Crippen LogP contribution in [0.3, 0.4) is 0 Å². The molecule has 2 nitrogen and oxygen atoms in total. The predicted molar refractivity (Wildman–Crippen MR) is 122 cm³/mol. The zero-order valence-corrected chi connectivity index (χ0v) is 17.3. The smallest absolute Gasteiger partial charge is 0.216 e. The SMILES string of the molecule is [O-]/[N+](=C\c1ccccc1Sc1ccccc1)c1ccc(Sc2ccccc2)cc1. The van der Waals surface area contributed by atoms with E-state index in [-0.39, 0.29) is 0 Å². The summed E-state index contributed by atoms with van der Waals surface area (Å²) in [4.78, 5) is 4.48. The van der Waals surface area contributed by atoms with E-state index in [1.165, 1.54) is 4.90 Å². The van der Waals surface area contributed by atoms with Crippen molar-refractivity contribution >= 4 is 35.4 Å². The molecule has 0 aromatic heterocycles. The van der Waals surface area contributed by atoms with Gasteiger partial charge in [0.05, 0.1) is 5.56 Å². The largest absolute Gasteiger partial charge is 0.618 e. The van der Waals surface area contributed by atoms with Crippen LogP contribution in [0.5, 0.6) is 0 Å². The van der Waals surface area contributed by atoms with Gasteiger partial charge in [-0.25, -0.2) is 0 Å². The van der Waals surface area contributed by atoms with E-state index in [9.17, 15) is 5.21 Å². The van der Waals surface area contributed by atoms with E-state index in [2.05, 4.69) is 24.3 Å². The van der Waals surface area contributed by atoms with Crippen molar-refractivity contribution in [3.63, 3.8) is 0 Å². The molecule has 0 spiro atoms. The first kappa shape index (κ1) is 19.4. The first-order valence-corrected chi connectivity index (χ1v) is 10.9. The van der Waals surface area contributed by atoms with Gasteiger partial charge in [-0.3, -0.25) is 0 Å².